The molecule has 1 aromatic rings. The highest BCUT2D eigenvalue weighted by Gasteiger charge is 2.49. The van der Waals surface area contributed by atoms with Gasteiger partial charge in [0, 0.05) is 20.4 Å². The van der Waals surface area contributed by atoms with E-state index in [9.17, 15) is 13.2 Å². The zero-order chi connectivity index (χ0) is 16.8. The first-order chi connectivity index (χ1) is 10.8. The summed E-state index contributed by atoms with van der Waals surface area (Å²) in [5, 5.41) is 0.562. The summed E-state index contributed by atoms with van der Waals surface area (Å²) in [6.45, 7) is 3.63. The Kier molecular flexibility index (Phi) is 4.76. The van der Waals surface area contributed by atoms with Gasteiger partial charge in [0.25, 0.3) is 5.91 Å². The Morgan fingerprint density at radius 3 is 2.78 bits per heavy atom. The van der Waals surface area contributed by atoms with E-state index in [1.54, 1.807) is 0 Å². The highest BCUT2D eigenvalue weighted by Crippen LogP contribution is 2.41. The molecule has 2 heterocycles. The topological polar surface area (TPSA) is 66.8 Å². The largest absolute Gasteiger partial charge is 0.316 e. The van der Waals surface area contributed by atoms with E-state index < -0.39 is 9.84 Å². The first-order valence-corrected chi connectivity index (χ1v) is 11.1. The monoisotopic (exact) mass is 464 g/mol. The van der Waals surface area contributed by atoms with Crippen LogP contribution in [0.1, 0.15) is 13.8 Å². The molecule has 0 saturated carbocycles. The molecular weight excluding hydrogens is 447 g/mol. The summed E-state index contributed by atoms with van der Waals surface area (Å²) < 4.78 is 25.0. The fraction of sp³-hybridized carbons (Fsp3) is 0.467. The molecule has 1 amide bonds. The standard InChI is InChI=1S/C15H17IN2O3S2/c1-9(2)14(19)17-15-18(11-5-3-4-10(16)6-11)12-7-23(20,21)8-13(12)22-15/h3-6,9,12-13H,7-8H2,1-2H3/t12-,13-/m1/s1. The van der Waals surface area contributed by atoms with Crippen LogP contribution in [0, 0.1) is 9.49 Å². The van der Waals surface area contributed by atoms with Crippen LogP contribution in [0.4, 0.5) is 5.69 Å². The number of nitrogens with zero attached hydrogens (tertiary/aromatic N) is 2. The van der Waals surface area contributed by atoms with Crippen molar-refractivity contribution in [2.45, 2.75) is 25.1 Å². The van der Waals surface area contributed by atoms with E-state index in [0.29, 0.717) is 5.17 Å². The Morgan fingerprint density at radius 2 is 2.13 bits per heavy atom. The van der Waals surface area contributed by atoms with E-state index >= 15 is 0 Å². The molecule has 0 aliphatic carbocycles. The van der Waals surface area contributed by atoms with Gasteiger partial charge >= 0.3 is 0 Å². The van der Waals surface area contributed by atoms with Crippen molar-refractivity contribution in [3.8, 4) is 0 Å². The Labute approximate surface area is 154 Å². The number of halogens is 1. The Hall–Kier alpha value is -0.610. The van der Waals surface area contributed by atoms with Crippen molar-refractivity contribution in [2.75, 3.05) is 16.4 Å². The van der Waals surface area contributed by atoms with Crippen LogP contribution in [0.5, 0.6) is 0 Å². The fourth-order valence-electron chi connectivity index (χ4n) is 2.72. The first-order valence-electron chi connectivity index (χ1n) is 7.31. The van der Waals surface area contributed by atoms with Gasteiger partial charge in [-0.1, -0.05) is 31.7 Å². The SMILES string of the molecule is CC(C)C(=O)N=C1S[C@@H]2CS(=O)(=O)C[C@H]2N1c1cccc(I)c1. The molecule has 0 aromatic heterocycles. The van der Waals surface area contributed by atoms with Gasteiger partial charge in [0.05, 0.1) is 17.5 Å². The molecule has 2 saturated heterocycles. The van der Waals surface area contributed by atoms with Gasteiger partial charge in [-0.2, -0.15) is 4.99 Å². The summed E-state index contributed by atoms with van der Waals surface area (Å²) in [6, 6.07) is 7.68. The van der Waals surface area contributed by atoms with Crippen molar-refractivity contribution in [3.05, 3.63) is 27.8 Å². The van der Waals surface area contributed by atoms with Crippen molar-refractivity contribution >= 4 is 61.0 Å². The average Bonchev–Trinajstić information content (AvgIpc) is 2.89. The predicted octanol–water partition coefficient (Wildman–Crippen LogP) is 2.55. The molecule has 2 atom stereocenters. The summed E-state index contributed by atoms with van der Waals surface area (Å²) in [7, 11) is -3.03. The molecule has 5 nitrogen and oxygen atoms in total. The minimum absolute atomic E-state index is 0.0587. The van der Waals surface area contributed by atoms with Crippen molar-refractivity contribution < 1.29 is 13.2 Å². The number of anilines is 1. The van der Waals surface area contributed by atoms with Crippen LogP contribution in [0.3, 0.4) is 0 Å². The second-order valence-electron chi connectivity index (χ2n) is 6.04. The number of thioether (sulfide) groups is 1. The maximum atomic E-state index is 12.0. The third-order valence-electron chi connectivity index (χ3n) is 3.85. The Balaban J connectivity index is 2.02. The molecule has 3 rings (SSSR count). The van der Waals surface area contributed by atoms with Crippen LogP contribution in [0.2, 0.25) is 0 Å². The van der Waals surface area contributed by atoms with Gasteiger partial charge in [-0.05, 0) is 40.8 Å². The van der Waals surface area contributed by atoms with E-state index in [1.807, 2.05) is 43.0 Å². The Morgan fingerprint density at radius 1 is 1.39 bits per heavy atom. The summed E-state index contributed by atoms with van der Waals surface area (Å²) >= 11 is 3.63. The predicted molar refractivity (Wildman–Crippen MR) is 103 cm³/mol. The number of amides is 1. The molecule has 0 bridgehead atoms. The van der Waals surface area contributed by atoms with E-state index in [-0.39, 0.29) is 34.6 Å². The third kappa shape index (κ3) is 3.58. The third-order valence-corrected chi connectivity index (χ3v) is 7.73. The quantitative estimate of drug-likeness (QED) is 0.630. The number of carbonyl (C=O) groups is 1. The van der Waals surface area contributed by atoms with E-state index in [0.717, 1.165) is 9.26 Å². The van der Waals surface area contributed by atoms with Crippen LogP contribution in [-0.2, 0) is 14.6 Å². The highest BCUT2D eigenvalue weighted by atomic mass is 127. The second-order valence-corrected chi connectivity index (χ2v) is 10.6. The number of benzene rings is 1. The zero-order valence-electron chi connectivity index (χ0n) is 12.8. The summed E-state index contributed by atoms with van der Waals surface area (Å²) in [5.74, 6) is -0.0844. The molecule has 2 aliphatic heterocycles. The maximum Gasteiger partial charge on any atom is 0.250 e. The van der Waals surface area contributed by atoms with Gasteiger partial charge in [0.2, 0.25) is 0 Å². The normalized spacial score (nSPS) is 27.7. The summed E-state index contributed by atoms with van der Waals surface area (Å²) in [5.41, 5.74) is 0.893. The number of fused-ring (bicyclic) bond motifs is 1. The molecule has 2 fully saturated rings. The number of carbonyl (C=O) groups excluding carboxylic acids is 1. The van der Waals surface area contributed by atoms with Crippen LogP contribution >= 0.6 is 34.4 Å². The summed E-state index contributed by atoms with van der Waals surface area (Å²) in [4.78, 5) is 18.2. The number of rotatable bonds is 2. The molecule has 23 heavy (non-hydrogen) atoms. The van der Waals surface area contributed by atoms with Crippen LogP contribution in [0.25, 0.3) is 0 Å². The average molecular weight is 464 g/mol. The number of aliphatic imine (C=N–C) groups is 1. The van der Waals surface area contributed by atoms with Gasteiger partial charge in [0.1, 0.15) is 0 Å². The van der Waals surface area contributed by atoms with Crippen molar-refractivity contribution in [1.82, 2.24) is 0 Å². The molecule has 1 aromatic carbocycles. The minimum Gasteiger partial charge on any atom is -0.316 e. The lowest BCUT2D eigenvalue weighted by Gasteiger charge is -2.24. The maximum absolute atomic E-state index is 12.0. The van der Waals surface area contributed by atoms with Gasteiger partial charge in [-0.25, -0.2) is 8.42 Å². The van der Waals surface area contributed by atoms with Crippen molar-refractivity contribution in [3.63, 3.8) is 0 Å². The summed E-state index contributed by atoms with van der Waals surface area (Å²) in [6.07, 6.45) is 0. The molecule has 0 N–H and O–H groups in total. The van der Waals surface area contributed by atoms with Gasteiger partial charge in [0.15, 0.2) is 15.0 Å². The number of amidine groups is 1. The molecule has 8 heteroatoms. The first kappa shape index (κ1) is 17.2. The number of hydrogen-bond donors (Lipinski definition) is 0. The fourth-order valence-corrected chi connectivity index (χ4v) is 7.16. The van der Waals surface area contributed by atoms with Crippen LogP contribution < -0.4 is 4.90 Å². The smallest absolute Gasteiger partial charge is 0.250 e. The lowest BCUT2D eigenvalue weighted by Crippen LogP contribution is -2.37. The lowest BCUT2D eigenvalue weighted by atomic mass is 10.2. The molecule has 0 unspecified atom stereocenters. The molecule has 0 radical (unpaired) electrons. The van der Waals surface area contributed by atoms with E-state index in [1.165, 1.54) is 11.8 Å². The molecule has 2 aliphatic rings. The van der Waals surface area contributed by atoms with Crippen LogP contribution in [-0.4, -0.2) is 42.3 Å². The number of sulfone groups is 1. The van der Waals surface area contributed by atoms with Gasteiger partial charge < -0.3 is 4.90 Å². The molecule has 0 spiro atoms. The van der Waals surface area contributed by atoms with Crippen molar-refractivity contribution in [1.29, 1.82) is 0 Å². The lowest BCUT2D eigenvalue weighted by molar-refractivity contribution is -0.120. The van der Waals surface area contributed by atoms with Crippen LogP contribution in [0.15, 0.2) is 29.3 Å². The second kappa shape index (κ2) is 6.36. The minimum atomic E-state index is -3.03. The molecule has 124 valence electrons. The molecular formula is C15H17IN2O3S2. The Bertz CT molecular complexity index is 777. The van der Waals surface area contributed by atoms with Crippen molar-refractivity contribution in [2.24, 2.45) is 10.9 Å². The zero-order valence-corrected chi connectivity index (χ0v) is 16.6. The van der Waals surface area contributed by atoms with E-state index in [2.05, 4.69) is 27.6 Å². The van der Waals surface area contributed by atoms with Gasteiger partial charge in [-0.3, -0.25) is 4.79 Å². The highest BCUT2D eigenvalue weighted by molar-refractivity contribution is 14.1. The van der Waals surface area contributed by atoms with Gasteiger partial charge in [-0.15, -0.1) is 0 Å². The van der Waals surface area contributed by atoms with E-state index in [4.69, 9.17) is 0 Å². The number of hydrogen-bond acceptors (Lipinski definition) is 4.